The van der Waals surface area contributed by atoms with Crippen LogP contribution in [0.15, 0.2) is 51.2 Å². The first kappa shape index (κ1) is 18.4. The standard InChI is InChI=1S/C21H20O6/c1-11(2)4-3-5-15-20(26)19-17(25)9-13(23)10-18(19)27-21(15)14-7-6-12(22)8-16(14)24/h4,6-10,22-25H,3,5H2,1-2H3. The Hall–Kier alpha value is -3.41. The normalized spacial score (nSPS) is 10.9. The van der Waals surface area contributed by atoms with Gasteiger partial charge in [0.1, 0.15) is 39.7 Å². The molecule has 3 rings (SSSR count). The van der Waals surface area contributed by atoms with Crippen molar-refractivity contribution >= 4 is 11.0 Å². The molecule has 6 nitrogen and oxygen atoms in total. The van der Waals surface area contributed by atoms with Crippen LogP contribution in [0, 0.1) is 0 Å². The molecule has 3 aromatic rings. The third-order valence-electron chi connectivity index (χ3n) is 4.23. The maximum Gasteiger partial charge on any atom is 0.200 e. The number of hydrogen-bond acceptors (Lipinski definition) is 6. The summed E-state index contributed by atoms with van der Waals surface area (Å²) in [5.74, 6) is -0.853. The maximum absolute atomic E-state index is 13.1. The zero-order valence-electron chi connectivity index (χ0n) is 15.0. The molecule has 0 fully saturated rings. The molecule has 0 aliphatic heterocycles. The second-order valence-corrected chi connectivity index (χ2v) is 6.60. The van der Waals surface area contributed by atoms with Crippen molar-refractivity contribution in [3.05, 3.63) is 57.8 Å². The van der Waals surface area contributed by atoms with E-state index in [-0.39, 0.29) is 45.3 Å². The van der Waals surface area contributed by atoms with Crippen molar-refractivity contribution in [1.29, 1.82) is 0 Å². The van der Waals surface area contributed by atoms with Crippen molar-refractivity contribution in [2.75, 3.05) is 0 Å². The molecule has 0 bridgehead atoms. The monoisotopic (exact) mass is 368 g/mol. The van der Waals surface area contributed by atoms with Crippen LogP contribution < -0.4 is 5.43 Å². The number of allylic oxidation sites excluding steroid dienone is 2. The van der Waals surface area contributed by atoms with E-state index in [4.69, 9.17) is 4.42 Å². The van der Waals surface area contributed by atoms with E-state index in [1.54, 1.807) is 0 Å². The first-order chi connectivity index (χ1) is 12.8. The lowest BCUT2D eigenvalue weighted by atomic mass is 9.99. The van der Waals surface area contributed by atoms with Crippen LogP contribution in [0.1, 0.15) is 25.8 Å². The largest absolute Gasteiger partial charge is 0.508 e. The molecule has 2 aromatic carbocycles. The Morgan fingerprint density at radius 2 is 1.70 bits per heavy atom. The molecule has 0 atom stereocenters. The Kier molecular flexibility index (Phi) is 4.81. The van der Waals surface area contributed by atoms with E-state index >= 15 is 0 Å². The van der Waals surface area contributed by atoms with Crippen molar-refractivity contribution in [2.45, 2.75) is 26.7 Å². The summed E-state index contributed by atoms with van der Waals surface area (Å²) in [6, 6.07) is 6.29. The van der Waals surface area contributed by atoms with Gasteiger partial charge in [-0.25, -0.2) is 0 Å². The molecule has 0 spiro atoms. The fourth-order valence-corrected chi connectivity index (χ4v) is 2.98. The number of benzene rings is 2. The molecule has 0 unspecified atom stereocenters. The van der Waals surface area contributed by atoms with E-state index in [1.165, 1.54) is 18.2 Å². The predicted octanol–water partition coefficient (Wildman–Crippen LogP) is 4.18. The minimum Gasteiger partial charge on any atom is -0.508 e. The molecule has 6 heteroatoms. The van der Waals surface area contributed by atoms with E-state index in [0.29, 0.717) is 18.4 Å². The highest BCUT2D eigenvalue weighted by Gasteiger charge is 2.20. The van der Waals surface area contributed by atoms with Crippen molar-refractivity contribution in [1.82, 2.24) is 0 Å². The van der Waals surface area contributed by atoms with E-state index in [9.17, 15) is 25.2 Å². The van der Waals surface area contributed by atoms with Gasteiger partial charge in [-0.3, -0.25) is 4.79 Å². The third-order valence-corrected chi connectivity index (χ3v) is 4.23. The lowest BCUT2D eigenvalue weighted by Crippen LogP contribution is -2.11. The van der Waals surface area contributed by atoms with Crippen LogP contribution in [0.5, 0.6) is 23.0 Å². The maximum atomic E-state index is 13.1. The average molecular weight is 368 g/mol. The van der Waals surface area contributed by atoms with Crippen molar-refractivity contribution in [2.24, 2.45) is 0 Å². The van der Waals surface area contributed by atoms with Gasteiger partial charge in [-0.1, -0.05) is 11.6 Å². The lowest BCUT2D eigenvalue weighted by molar-refractivity contribution is 0.449. The minimum absolute atomic E-state index is 0.00550. The zero-order chi connectivity index (χ0) is 19.7. The number of fused-ring (bicyclic) bond motifs is 1. The molecule has 0 aliphatic rings. The topological polar surface area (TPSA) is 111 Å². The number of rotatable bonds is 4. The molecule has 0 radical (unpaired) electrons. The molecule has 0 saturated heterocycles. The first-order valence-electron chi connectivity index (χ1n) is 8.45. The van der Waals surface area contributed by atoms with Crippen LogP contribution in [0.3, 0.4) is 0 Å². The summed E-state index contributed by atoms with van der Waals surface area (Å²) in [4.78, 5) is 13.1. The second-order valence-electron chi connectivity index (χ2n) is 6.60. The van der Waals surface area contributed by atoms with Crippen molar-refractivity contribution in [3.63, 3.8) is 0 Å². The van der Waals surface area contributed by atoms with Gasteiger partial charge in [0, 0.05) is 23.8 Å². The van der Waals surface area contributed by atoms with E-state index in [2.05, 4.69) is 0 Å². The molecule has 27 heavy (non-hydrogen) atoms. The molecular weight excluding hydrogens is 348 g/mol. The van der Waals surface area contributed by atoms with Gasteiger partial charge in [0.15, 0.2) is 5.43 Å². The lowest BCUT2D eigenvalue weighted by Gasteiger charge is -2.12. The molecule has 140 valence electrons. The summed E-state index contributed by atoms with van der Waals surface area (Å²) in [5, 5.41) is 39.5. The van der Waals surface area contributed by atoms with E-state index in [1.807, 2.05) is 19.9 Å². The number of phenolic OH excluding ortho intramolecular Hbond substituents is 4. The van der Waals surface area contributed by atoms with Gasteiger partial charge in [0.05, 0.1) is 5.56 Å². The SMILES string of the molecule is CC(C)=CCCc1c(-c2ccc(O)cc2O)oc2cc(O)cc(O)c2c1=O. The fourth-order valence-electron chi connectivity index (χ4n) is 2.98. The molecule has 0 saturated carbocycles. The Morgan fingerprint density at radius 3 is 2.37 bits per heavy atom. The van der Waals surface area contributed by atoms with Gasteiger partial charge in [0.25, 0.3) is 0 Å². The van der Waals surface area contributed by atoms with Gasteiger partial charge >= 0.3 is 0 Å². The van der Waals surface area contributed by atoms with E-state index < -0.39 is 5.43 Å². The Morgan fingerprint density at radius 1 is 1.00 bits per heavy atom. The van der Waals surface area contributed by atoms with Crippen LogP contribution >= 0.6 is 0 Å². The summed E-state index contributed by atoms with van der Waals surface area (Å²) in [5.41, 5.74) is 1.20. The van der Waals surface area contributed by atoms with Crippen molar-refractivity contribution in [3.8, 4) is 34.3 Å². The molecular formula is C21H20O6. The molecule has 1 aromatic heterocycles. The quantitative estimate of drug-likeness (QED) is 0.514. The smallest absolute Gasteiger partial charge is 0.200 e. The fraction of sp³-hybridized carbons (Fsp3) is 0.190. The highest BCUT2D eigenvalue weighted by atomic mass is 16.3. The van der Waals surface area contributed by atoms with Gasteiger partial charge in [-0.2, -0.15) is 0 Å². The summed E-state index contributed by atoms with van der Waals surface area (Å²) >= 11 is 0. The van der Waals surface area contributed by atoms with E-state index in [0.717, 1.165) is 17.7 Å². The molecule has 4 N–H and O–H groups in total. The molecule has 0 amide bonds. The number of aromatic hydroxyl groups is 4. The highest BCUT2D eigenvalue weighted by Crippen LogP contribution is 2.37. The Bertz CT molecular complexity index is 1100. The molecule has 1 heterocycles. The highest BCUT2D eigenvalue weighted by molar-refractivity contribution is 5.87. The van der Waals surface area contributed by atoms with Crippen LogP contribution in [0.2, 0.25) is 0 Å². The first-order valence-corrected chi connectivity index (χ1v) is 8.45. The number of phenols is 4. The van der Waals surface area contributed by atoms with Crippen LogP contribution in [0.25, 0.3) is 22.3 Å². The van der Waals surface area contributed by atoms with Crippen molar-refractivity contribution < 1.29 is 24.8 Å². The molecule has 0 aliphatic carbocycles. The second kappa shape index (κ2) is 7.07. The summed E-state index contributed by atoms with van der Waals surface area (Å²) < 4.78 is 5.82. The van der Waals surface area contributed by atoms with Crippen LogP contribution in [-0.2, 0) is 6.42 Å². The number of hydrogen-bond donors (Lipinski definition) is 4. The third kappa shape index (κ3) is 3.60. The van der Waals surface area contributed by atoms with Gasteiger partial charge in [0.2, 0.25) is 0 Å². The Labute approximate surface area is 155 Å². The summed E-state index contributed by atoms with van der Waals surface area (Å²) in [7, 11) is 0. The van der Waals surface area contributed by atoms with Gasteiger partial charge in [-0.05, 0) is 38.8 Å². The zero-order valence-corrected chi connectivity index (χ0v) is 15.0. The predicted molar refractivity (Wildman–Crippen MR) is 102 cm³/mol. The van der Waals surface area contributed by atoms with Crippen LogP contribution in [0.4, 0.5) is 0 Å². The average Bonchev–Trinajstić information content (AvgIpc) is 2.55. The minimum atomic E-state index is -0.432. The van der Waals surface area contributed by atoms with Gasteiger partial charge < -0.3 is 24.8 Å². The summed E-state index contributed by atoms with van der Waals surface area (Å²) in [6.07, 6.45) is 2.88. The Balaban J connectivity index is 2.32. The summed E-state index contributed by atoms with van der Waals surface area (Å²) in [6.45, 7) is 3.90. The van der Waals surface area contributed by atoms with Gasteiger partial charge in [-0.15, -0.1) is 0 Å². The van der Waals surface area contributed by atoms with Crippen LogP contribution in [-0.4, -0.2) is 20.4 Å².